The van der Waals surface area contributed by atoms with Crippen molar-refractivity contribution in [2.45, 2.75) is 13.3 Å². The van der Waals surface area contributed by atoms with Crippen LogP contribution in [-0.4, -0.2) is 7.11 Å². The van der Waals surface area contributed by atoms with Crippen molar-refractivity contribution in [3.8, 4) is 16.9 Å². The summed E-state index contributed by atoms with van der Waals surface area (Å²) in [5, 5.41) is 0.230. The van der Waals surface area contributed by atoms with E-state index in [2.05, 4.69) is 0 Å². The maximum Gasteiger partial charge on any atom is 0.131 e. The second kappa shape index (κ2) is 5.57. The number of ether oxygens (including phenoxy) is 1. The lowest BCUT2D eigenvalue weighted by Crippen LogP contribution is -1.95. The van der Waals surface area contributed by atoms with E-state index in [1.54, 1.807) is 6.07 Å². The first kappa shape index (κ1) is 13.8. The molecule has 0 unspecified atom stereocenters. The lowest BCUT2D eigenvalue weighted by atomic mass is 10.0. The maximum absolute atomic E-state index is 14.1. The number of halogens is 3. The van der Waals surface area contributed by atoms with Crippen LogP contribution in [0.15, 0.2) is 30.3 Å². The van der Waals surface area contributed by atoms with Crippen molar-refractivity contribution in [2.24, 2.45) is 0 Å². The van der Waals surface area contributed by atoms with Crippen LogP contribution in [0.25, 0.3) is 11.1 Å². The maximum atomic E-state index is 14.1. The number of benzene rings is 2. The molecule has 100 valence electrons. The van der Waals surface area contributed by atoms with Crippen LogP contribution in [0.2, 0.25) is 5.02 Å². The highest BCUT2D eigenvalue weighted by Crippen LogP contribution is 2.32. The van der Waals surface area contributed by atoms with E-state index in [1.165, 1.54) is 31.4 Å². The minimum atomic E-state index is -0.500. The first-order valence-electron chi connectivity index (χ1n) is 5.88. The molecule has 0 fully saturated rings. The fourth-order valence-corrected chi connectivity index (χ4v) is 2.21. The Morgan fingerprint density at radius 3 is 2.42 bits per heavy atom. The Hall–Kier alpha value is -1.61. The summed E-state index contributed by atoms with van der Waals surface area (Å²) >= 11 is 5.79. The van der Waals surface area contributed by atoms with Gasteiger partial charge >= 0.3 is 0 Å². The molecular formula is C15H13ClF2O. The van der Waals surface area contributed by atoms with Crippen molar-refractivity contribution in [1.29, 1.82) is 0 Å². The van der Waals surface area contributed by atoms with E-state index in [0.29, 0.717) is 17.7 Å². The summed E-state index contributed by atoms with van der Waals surface area (Å²) in [7, 11) is 1.52. The molecule has 0 bridgehead atoms. The Kier molecular flexibility index (Phi) is 4.05. The third-order valence-electron chi connectivity index (χ3n) is 2.92. The molecule has 2 aromatic carbocycles. The smallest absolute Gasteiger partial charge is 0.131 e. The van der Waals surface area contributed by atoms with Gasteiger partial charge in [-0.25, -0.2) is 8.78 Å². The van der Waals surface area contributed by atoms with Crippen LogP contribution in [0.5, 0.6) is 5.75 Å². The molecule has 19 heavy (non-hydrogen) atoms. The Morgan fingerprint density at radius 2 is 1.84 bits per heavy atom. The van der Waals surface area contributed by atoms with Crippen molar-refractivity contribution < 1.29 is 13.5 Å². The van der Waals surface area contributed by atoms with Gasteiger partial charge in [-0.3, -0.25) is 0 Å². The summed E-state index contributed by atoms with van der Waals surface area (Å²) in [6.07, 6.45) is 0.657. The summed E-state index contributed by atoms with van der Waals surface area (Å²) in [4.78, 5) is 0. The summed E-state index contributed by atoms with van der Waals surface area (Å²) in [5.74, 6) is -0.334. The van der Waals surface area contributed by atoms with Gasteiger partial charge in [-0.2, -0.15) is 0 Å². The zero-order valence-corrected chi connectivity index (χ0v) is 11.4. The van der Waals surface area contributed by atoms with Gasteiger partial charge in [0, 0.05) is 10.6 Å². The van der Waals surface area contributed by atoms with Crippen LogP contribution < -0.4 is 4.74 Å². The van der Waals surface area contributed by atoms with E-state index in [9.17, 15) is 8.78 Å². The molecule has 0 spiro atoms. The standard InChI is InChI=1S/C15H13ClF2O/c1-3-9-6-14(18)13(8-15(9)19-2)10-4-11(16)7-12(17)5-10/h4-8H,3H2,1-2H3. The van der Waals surface area contributed by atoms with Crippen LogP contribution in [-0.2, 0) is 6.42 Å². The number of hydrogen-bond donors (Lipinski definition) is 0. The van der Waals surface area contributed by atoms with Crippen LogP contribution in [0.4, 0.5) is 8.78 Å². The molecule has 0 aliphatic carbocycles. The second-order valence-corrected chi connectivity index (χ2v) is 4.59. The molecule has 0 N–H and O–H groups in total. The third-order valence-corrected chi connectivity index (χ3v) is 3.14. The van der Waals surface area contributed by atoms with Gasteiger partial charge in [0.05, 0.1) is 7.11 Å². The van der Waals surface area contributed by atoms with Gasteiger partial charge in [0.1, 0.15) is 17.4 Å². The lowest BCUT2D eigenvalue weighted by molar-refractivity contribution is 0.409. The van der Waals surface area contributed by atoms with Gasteiger partial charge < -0.3 is 4.74 Å². The summed E-state index contributed by atoms with van der Waals surface area (Å²) < 4.78 is 32.6. The molecule has 0 aliphatic rings. The highest BCUT2D eigenvalue weighted by atomic mass is 35.5. The van der Waals surface area contributed by atoms with Gasteiger partial charge in [0.25, 0.3) is 0 Å². The molecular weight excluding hydrogens is 270 g/mol. The Morgan fingerprint density at radius 1 is 1.11 bits per heavy atom. The minimum Gasteiger partial charge on any atom is -0.496 e. The molecule has 0 radical (unpaired) electrons. The van der Waals surface area contributed by atoms with Gasteiger partial charge in [0.15, 0.2) is 0 Å². The SMILES string of the molecule is CCc1cc(F)c(-c2cc(F)cc(Cl)c2)cc1OC. The number of aryl methyl sites for hydroxylation is 1. The monoisotopic (exact) mass is 282 g/mol. The highest BCUT2D eigenvalue weighted by molar-refractivity contribution is 6.30. The summed E-state index contributed by atoms with van der Waals surface area (Å²) in [6.45, 7) is 1.91. The van der Waals surface area contributed by atoms with Crippen molar-refractivity contribution in [2.75, 3.05) is 7.11 Å². The fourth-order valence-electron chi connectivity index (χ4n) is 1.99. The number of rotatable bonds is 3. The Labute approximate surface area is 115 Å². The zero-order valence-electron chi connectivity index (χ0n) is 10.6. The molecule has 1 nitrogen and oxygen atoms in total. The van der Waals surface area contributed by atoms with Gasteiger partial charge in [-0.1, -0.05) is 18.5 Å². The normalized spacial score (nSPS) is 10.6. The molecule has 0 saturated heterocycles. The summed E-state index contributed by atoms with van der Waals surface area (Å²) in [5.41, 5.74) is 1.44. The van der Waals surface area contributed by atoms with Crippen LogP contribution >= 0.6 is 11.6 Å². The van der Waals surface area contributed by atoms with E-state index < -0.39 is 11.6 Å². The first-order chi connectivity index (χ1) is 9.05. The van der Waals surface area contributed by atoms with Crippen molar-refractivity contribution in [3.63, 3.8) is 0 Å². The van der Waals surface area contributed by atoms with E-state index in [1.807, 2.05) is 6.92 Å². The average molecular weight is 283 g/mol. The minimum absolute atomic E-state index is 0.230. The van der Waals surface area contributed by atoms with E-state index >= 15 is 0 Å². The van der Waals surface area contributed by atoms with Crippen LogP contribution in [0.1, 0.15) is 12.5 Å². The topological polar surface area (TPSA) is 9.23 Å². The molecule has 0 aliphatic heterocycles. The van der Waals surface area contributed by atoms with Crippen molar-refractivity contribution in [3.05, 3.63) is 52.6 Å². The molecule has 4 heteroatoms. The van der Waals surface area contributed by atoms with Crippen molar-refractivity contribution >= 4 is 11.6 Å². The predicted molar refractivity (Wildman–Crippen MR) is 72.7 cm³/mol. The molecule has 0 amide bonds. The third kappa shape index (κ3) is 2.87. The van der Waals surface area contributed by atoms with Gasteiger partial charge in [-0.05, 0) is 47.9 Å². The van der Waals surface area contributed by atoms with Gasteiger partial charge in [-0.15, -0.1) is 0 Å². The van der Waals surface area contributed by atoms with E-state index in [-0.39, 0.29) is 10.6 Å². The largest absolute Gasteiger partial charge is 0.496 e. The lowest BCUT2D eigenvalue weighted by Gasteiger charge is -2.11. The molecule has 0 atom stereocenters. The van der Waals surface area contributed by atoms with Gasteiger partial charge in [0.2, 0.25) is 0 Å². The summed E-state index contributed by atoms with van der Waals surface area (Å²) in [6, 6.07) is 6.93. The van der Waals surface area contributed by atoms with Crippen molar-refractivity contribution in [1.82, 2.24) is 0 Å². The highest BCUT2D eigenvalue weighted by Gasteiger charge is 2.12. The fraction of sp³-hybridized carbons (Fsp3) is 0.200. The number of methoxy groups -OCH3 is 1. The Balaban J connectivity index is 2.61. The average Bonchev–Trinajstić information content (AvgIpc) is 2.37. The second-order valence-electron chi connectivity index (χ2n) is 4.16. The Bertz CT molecular complexity index is 591. The molecule has 0 aromatic heterocycles. The van der Waals surface area contributed by atoms with Crippen LogP contribution in [0, 0.1) is 11.6 Å². The molecule has 2 rings (SSSR count). The molecule has 0 heterocycles. The van der Waals surface area contributed by atoms with E-state index in [4.69, 9.17) is 16.3 Å². The van der Waals surface area contributed by atoms with Crippen LogP contribution in [0.3, 0.4) is 0 Å². The predicted octanol–water partition coefficient (Wildman–Crippen LogP) is 4.86. The molecule has 0 saturated carbocycles. The zero-order chi connectivity index (χ0) is 14.0. The first-order valence-corrected chi connectivity index (χ1v) is 6.25. The van der Waals surface area contributed by atoms with E-state index in [0.717, 1.165) is 5.56 Å². The molecule has 2 aromatic rings. The number of hydrogen-bond acceptors (Lipinski definition) is 1. The quantitative estimate of drug-likeness (QED) is 0.781.